The topological polar surface area (TPSA) is 55.4 Å². The van der Waals surface area contributed by atoms with Gasteiger partial charge >= 0.3 is 5.97 Å². The van der Waals surface area contributed by atoms with Crippen molar-refractivity contribution in [2.45, 2.75) is 13.8 Å². The Bertz CT molecular complexity index is 693. The molecule has 0 fully saturated rings. The number of nitrogens with one attached hydrogen (secondary N) is 1. The molecule has 5 heteroatoms. The lowest BCUT2D eigenvalue weighted by Gasteiger charge is -2.08. The molecule has 4 nitrogen and oxygen atoms in total. The van der Waals surface area contributed by atoms with E-state index in [-0.39, 0.29) is 12.5 Å². The second kappa shape index (κ2) is 7.22. The van der Waals surface area contributed by atoms with Gasteiger partial charge in [-0.3, -0.25) is 4.79 Å². The number of para-hydroxylation sites is 1. The number of anilines is 1. The standard InChI is InChI=1S/C17H16BrNO3/c1-11-7-12(2)9-13(8-11)17(21)22-10-16(20)19-15-6-4-3-5-14(15)18/h3-9H,10H2,1-2H3,(H,19,20). The van der Waals surface area contributed by atoms with Gasteiger partial charge in [0.05, 0.1) is 11.3 Å². The smallest absolute Gasteiger partial charge is 0.338 e. The summed E-state index contributed by atoms with van der Waals surface area (Å²) in [7, 11) is 0. The molecule has 0 saturated heterocycles. The molecule has 1 N–H and O–H groups in total. The maximum Gasteiger partial charge on any atom is 0.338 e. The number of ether oxygens (including phenoxy) is 1. The highest BCUT2D eigenvalue weighted by Gasteiger charge is 2.12. The Hall–Kier alpha value is -2.14. The third kappa shape index (κ3) is 4.43. The number of benzene rings is 2. The average Bonchev–Trinajstić information content (AvgIpc) is 2.46. The van der Waals surface area contributed by atoms with E-state index in [0.29, 0.717) is 11.3 Å². The monoisotopic (exact) mass is 361 g/mol. The van der Waals surface area contributed by atoms with Crippen molar-refractivity contribution in [3.8, 4) is 0 Å². The third-order valence-corrected chi connectivity index (χ3v) is 3.63. The maximum absolute atomic E-state index is 12.0. The molecule has 0 radical (unpaired) electrons. The molecule has 0 spiro atoms. The number of carbonyl (C=O) groups excluding carboxylic acids is 2. The lowest BCUT2D eigenvalue weighted by atomic mass is 10.1. The van der Waals surface area contributed by atoms with Gasteiger partial charge in [0.2, 0.25) is 0 Å². The molecule has 1 amide bonds. The number of aryl methyl sites for hydroxylation is 2. The first-order valence-electron chi connectivity index (χ1n) is 6.75. The zero-order valence-corrected chi connectivity index (χ0v) is 13.9. The van der Waals surface area contributed by atoms with Crippen molar-refractivity contribution in [3.63, 3.8) is 0 Å². The van der Waals surface area contributed by atoms with Crippen LogP contribution in [-0.2, 0) is 9.53 Å². The van der Waals surface area contributed by atoms with Crippen LogP contribution in [0.4, 0.5) is 5.69 Å². The Balaban J connectivity index is 1.93. The van der Waals surface area contributed by atoms with Crippen molar-refractivity contribution in [1.29, 1.82) is 0 Å². The van der Waals surface area contributed by atoms with Gasteiger partial charge in [-0.2, -0.15) is 0 Å². The van der Waals surface area contributed by atoms with Gasteiger partial charge in [0.15, 0.2) is 6.61 Å². The molecule has 0 aliphatic rings. The zero-order chi connectivity index (χ0) is 16.1. The van der Waals surface area contributed by atoms with Crippen molar-refractivity contribution >= 4 is 33.5 Å². The summed E-state index contributed by atoms with van der Waals surface area (Å²) in [5, 5.41) is 2.68. The summed E-state index contributed by atoms with van der Waals surface area (Å²) in [6.07, 6.45) is 0. The molecule has 0 atom stereocenters. The SMILES string of the molecule is Cc1cc(C)cc(C(=O)OCC(=O)Nc2ccccc2Br)c1. The van der Waals surface area contributed by atoms with Crippen LogP contribution in [0.15, 0.2) is 46.9 Å². The van der Waals surface area contributed by atoms with E-state index in [1.54, 1.807) is 18.2 Å². The normalized spacial score (nSPS) is 10.1. The fourth-order valence-electron chi connectivity index (χ4n) is 2.06. The summed E-state index contributed by atoms with van der Waals surface area (Å²) in [6, 6.07) is 12.7. The summed E-state index contributed by atoms with van der Waals surface area (Å²) in [4.78, 5) is 23.8. The van der Waals surface area contributed by atoms with Gasteiger partial charge in [-0.15, -0.1) is 0 Å². The Morgan fingerprint density at radius 1 is 1.09 bits per heavy atom. The van der Waals surface area contributed by atoms with Gasteiger partial charge in [-0.05, 0) is 54.0 Å². The molecule has 0 aliphatic heterocycles. The molecular formula is C17H16BrNO3. The zero-order valence-electron chi connectivity index (χ0n) is 12.4. The predicted octanol–water partition coefficient (Wildman–Crippen LogP) is 3.86. The van der Waals surface area contributed by atoms with Crippen molar-refractivity contribution in [3.05, 3.63) is 63.6 Å². The molecule has 0 saturated carbocycles. The summed E-state index contributed by atoms with van der Waals surface area (Å²) in [6.45, 7) is 3.49. The van der Waals surface area contributed by atoms with Gasteiger partial charge in [-0.1, -0.05) is 29.3 Å². The molecule has 22 heavy (non-hydrogen) atoms. The van der Waals surface area contributed by atoms with Gasteiger partial charge in [0.1, 0.15) is 0 Å². The number of rotatable bonds is 4. The molecule has 0 aliphatic carbocycles. The number of esters is 1. The summed E-state index contributed by atoms with van der Waals surface area (Å²) < 4.78 is 5.81. The molecule has 114 valence electrons. The second-order valence-electron chi connectivity index (χ2n) is 4.98. The van der Waals surface area contributed by atoms with Crippen LogP contribution in [0, 0.1) is 13.8 Å². The number of hydrogen-bond acceptors (Lipinski definition) is 3. The summed E-state index contributed by atoms with van der Waals surface area (Å²) >= 11 is 3.33. The predicted molar refractivity (Wildman–Crippen MR) is 89.0 cm³/mol. The van der Waals surface area contributed by atoms with Crippen LogP contribution in [0.25, 0.3) is 0 Å². The van der Waals surface area contributed by atoms with E-state index in [9.17, 15) is 9.59 Å². The van der Waals surface area contributed by atoms with Crippen LogP contribution in [0.3, 0.4) is 0 Å². The van der Waals surface area contributed by atoms with Crippen LogP contribution in [-0.4, -0.2) is 18.5 Å². The van der Waals surface area contributed by atoms with Crippen molar-refractivity contribution in [2.24, 2.45) is 0 Å². The molecule has 2 rings (SSSR count). The Labute approximate surface area is 137 Å². The first-order chi connectivity index (χ1) is 10.5. The first kappa shape index (κ1) is 16.2. The third-order valence-electron chi connectivity index (χ3n) is 2.94. The maximum atomic E-state index is 12.0. The second-order valence-corrected chi connectivity index (χ2v) is 5.83. The Kier molecular flexibility index (Phi) is 5.33. The number of amides is 1. The van der Waals surface area contributed by atoms with Gasteiger partial charge in [0, 0.05) is 4.47 Å². The largest absolute Gasteiger partial charge is 0.452 e. The molecular weight excluding hydrogens is 346 g/mol. The Morgan fingerprint density at radius 2 is 1.73 bits per heavy atom. The quantitative estimate of drug-likeness (QED) is 0.841. The van der Waals surface area contributed by atoms with Gasteiger partial charge < -0.3 is 10.1 Å². The van der Waals surface area contributed by atoms with Crippen LogP contribution in [0.2, 0.25) is 0 Å². The van der Waals surface area contributed by atoms with Crippen molar-refractivity contribution in [1.82, 2.24) is 0 Å². The van der Waals surface area contributed by atoms with E-state index in [0.717, 1.165) is 15.6 Å². The van der Waals surface area contributed by atoms with E-state index in [1.165, 1.54) is 0 Å². The highest BCUT2D eigenvalue weighted by molar-refractivity contribution is 9.10. The van der Waals surface area contributed by atoms with Crippen molar-refractivity contribution < 1.29 is 14.3 Å². The highest BCUT2D eigenvalue weighted by atomic mass is 79.9. The van der Waals surface area contributed by atoms with Crippen molar-refractivity contribution in [2.75, 3.05) is 11.9 Å². The summed E-state index contributed by atoms with van der Waals surface area (Å²) in [5.74, 6) is -0.890. The first-order valence-corrected chi connectivity index (χ1v) is 7.55. The van der Waals surface area contributed by atoms with Crippen LogP contribution < -0.4 is 5.32 Å². The lowest BCUT2D eigenvalue weighted by Crippen LogP contribution is -2.21. The van der Waals surface area contributed by atoms with E-state index < -0.39 is 5.97 Å². The van der Waals surface area contributed by atoms with E-state index >= 15 is 0 Å². The van der Waals surface area contributed by atoms with Crippen LogP contribution in [0.5, 0.6) is 0 Å². The summed E-state index contributed by atoms with van der Waals surface area (Å²) in [5.41, 5.74) is 3.04. The van der Waals surface area contributed by atoms with E-state index in [4.69, 9.17) is 4.74 Å². The van der Waals surface area contributed by atoms with Crippen LogP contribution in [0.1, 0.15) is 21.5 Å². The minimum Gasteiger partial charge on any atom is -0.452 e. The molecule has 2 aromatic carbocycles. The number of hydrogen-bond donors (Lipinski definition) is 1. The molecule has 0 heterocycles. The fourth-order valence-corrected chi connectivity index (χ4v) is 2.44. The van der Waals surface area contributed by atoms with Gasteiger partial charge in [0.25, 0.3) is 5.91 Å². The molecule has 0 unspecified atom stereocenters. The number of halogens is 1. The highest BCUT2D eigenvalue weighted by Crippen LogP contribution is 2.21. The van der Waals surface area contributed by atoms with Gasteiger partial charge in [-0.25, -0.2) is 4.79 Å². The molecule has 0 aromatic heterocycles. The lowest BCUT2D eigenvalue weighted by molar-refractivity contribution is -0.119. The number of carbonyl (C=O) groups is 2. The average molecular weight is 362 g/mol. The fraction of sp³-hybridized carbons (Fsp3) is 0.176. The Morgan fingerprint density at radius 3 is 2.36 bits per heavy atom. The molecule has 0 bridgehead atoms. The van der Waals surface area contributed by atoms with Crippen LogP contribution >= 0.6 is 15.9 Å². The minimum atomic E-state index is -0.505. The van der Waals surface area contributed by atoms with E-state index in [2.05, 4.69) is 21.2 Å². The van der Waals surface area contributed by atoms with E-state index in [1.807, 2.05) is 38.1 Å². The molecule has 2 aromatic rings. The minimum absolute atomic E-state index is 0.326.